The molecule has 0 radical (unpaired) electrons. The summed E-state index contributed by atoms with van der Waals surface area (Å²) in [4.78, 5) is 12.3. The van der Waals surface area contributed by atoms with Gasteiger partial charge in [0.25, 0.3) is 5.91 Å². The molecule has 1 aromatic heterocycles. The third-order valence-electron chi connectivity index (χ3n) is 3.31. The van der Waals surface area contributed by atoms with Crippen LogP contribution in [-0.2, 0) is 0 Å². The van der Waals surface area contributed by atoms with Crippen molar-refractivity contribution in [3.8, 4) is 5.75 Å². The molecule has 0 bridgehead atoms. The molecule has 1 heterocycles. The third kappa shape index (κ3) is 6.02. The highest BCUT2D eigenvalue weighted by Crippen LogP contribution is 2.35. The number of hydrogen-bond donors (Lipinski definition) is 1. The van der Waals surface area contributed by atoms with Crippen LogP contribution in [0, 0.1) is 0 Å². The van der Waals surface area contributed by atoms with E-state index in [1.807, 2.05) is 6.26 Å². The Morgan fingerprint density at radius 2 is 1.96 bits per heavy atom. The highest BCUT2D eigenvalue weighted by molar-refractivity contribution is 8.00. The number of benzene rings is 1. The van der Waals surface area contributed by atoms with Gasteiger partial charge in [0, 0.05) is 5.56 Å². The molecule has 1 aromatic carbocycles. The Kier molecular flexibility index (Phi) is 8.29. The van der Waals surface area contributed by atoms with Crippen LogP contribution in [0.25, 0.3) is 0 Å². The van der Waals surface area contributed by atoms with E-state index in [1.165, 1.54) is 35.9 Å². The normalized spacial score (nSPS) is 10.7. The van der Waals surface area contributed by atoms with E-state index in [4.69, 9.17) is 27.9 Å². The molecule has 0 aliphatic carbocycles. The zero-order chi connectivity index (χ0) is 18.2. The highest BCUT2D eigenvalue weighted by Gasteiger charge is 2.16. The van der Waals surface area contributed by atoms with Crippen LogP contribution in [0.1, 0.15) is 43.0 Å². The van der Waals surface area contributed by atoms with Crippen molar-refractivity contribution >= 4 is 57.3 Å². The lowest BCUT2D eigenvalue weighted by Gasteiger charge is -2.11. The van der Waals surface area contributed by atoms with E-state index < -0.39 is 0 Å². The fourth-order valence-electron chi connectivity index (χ4n) is 2.04. The molecular formula is C16H19Cl2N3O2S2. The van der Waals surface area contributed by atoms with E-state index in [9.17, 15) is 4.79 Å². The Hall–Kier alpha value is -1.02. The number of ether oxygens (including phenoxy) is 1. The largest absolute Gasteiger partial charge is 0.490 e. The fraction of sp³-hybridized carbons (Fsp3) is 0.438. The molecule has 1 N–H and O–H groups in total. The Morgan fingerprint density at radius 1 is 1.24 bits per heavy atom. The van der Waals surface area contributed by atoms with Gasteiger partial charge in [-0.05, 0) is 24.8 Å². The van der Waals surface area contributed by atoms with Gasteiger partial charge in [0.2, 0.25) is 5.13 Å². The number of unbranched alkanes of at least 4 members (excludes halogenated alkanes) is 3. The van der Waals surface area contributed by atoms with Gasteiger partial charge in [-0.1, -0.05) is 72.5 Å². The number of amides is 1. The van der Waals surface area contributed by atoms with Gasteiger partial charge < -0.3 is 4.74 Å². The van der Waals surface area contributed by atoms with Crippen molar-refractivity contribution in [3.05, 3.63) is 27.7 Å². The van der Waals surface area contributed by atoms with Crippen molar-refractivity contribution in [2.75, 3.05) is 18.2 Å². The molecule has 2 aromatic rings. The molecular weight excluding hydrogens is 401 g/mol. The van der Waals surface area contributed by atoms with Crippen LogP contribution in [0.5, 0.6) is 5.75 Å². The molecule has 0 spiro atoms. The van der Waals surface area contributed by atoms with E-state index >= 15 is 0 Å². The lowest BCUT2D eigenvalue weighted by molar-refractivity contribution is 0.102. The Balaban J connectivity index is 2.01. The number of nitrogens with one attached hydrogen (secondary N) is 1. The molecule has 0 aliphatic heterocycles. The lowest BCUT2D eigenvalue weighted by Crippen LogP contribution is -2.12. The number of anilines is 1. The molecule has 1 amide bonds. The number of carbonyl (C=O) groups is 1. The third-order valence-corrected chi connectivity index (χ3v) is 5.68. The highest BCUT2D eigenvalue weighted by atomic mass is 35.5. The molecule has 0 saturated carbocycles. The first-order valence-electron chi connectivity index (χ1n) is 7.85. The molecule has 9 heteroatoms. The van der Waals surface area contributed by atoms with Gasteiger partial charge >= 0.3 is 0 Å². The topological polar surface area (TPSA) is 64.1 Å². The van der Waals surface area contributed by atoms with Gasteiger partial charge in [-0.2, -0.15) is 0 Å². The van der Waals surface area contributed by atoms with Gasteiger partial charge in [0.05, 0.1) is 16.7 Å². The number of aromatic nitrogens is 2. The molecule has 0 fully saturated rings. The maximum absolute atomic E-state index is 12.3. The first-order chi connectivity index (χ1) is 12.0. The van der Waals surface area contributed by atoms with Crippen molar-refractivity contribution < 1.29 is 9.53 Å². The van der Waals surface area contributed by atoms with Crippen molar-refractivity contribution in [2.45, 2.75) is 36.9 Å². The summed E-state index contributed by atoms with van der Waals surface area (Å²) in [6.07, 6.45) is 6.28. The molecule has 136 valence electrons. The standard InChI is InChI=1S/C16H19Cl2N3O2S2/c1-3-4-5-6-7-23-13-11(17)8-10(9-12(13)18)14(22)19-15-20-21-16(24-2)25-15/h8-9H,3-7H2,1-2H3,(H,19,20,22). The van der Waals surface area contributed by atoms with Crippen LogP contribution in [0.3, 0.4) is 0 Å². The second-order valence-electron chi connectivity index (χ2n) is 5.21. The summed E-state index contributed by atoms with van der Waals surface area (Å²) >= 11 is 15.2. The quantitative estimate of drug-likeness (QED) is 0.317. The minimum Gasteiger partial charge on any atom is -0.490 e. The first kappa shape index (κ1) is 20.3. The SMILES string of the molecule is CCCCCCOc1c(Cl)cc(C(=O)Nc2nnc(SC)s2)cc1Cl. The summed E-state index contributed by atoms with van der Waals surface area (Å²) in [6.45, 7) is 2.70. The van der Waals surface area contributed by atoms with E-state index in [0.717, 1.165) is 17.2 Å². The van der Waals surface area contributed by atoms with E-state index in [2.05, 4.69) is 22.4 Å². The lowest BCUT2D eigenvalue weighted by atomic mass is 10.2. The smallest absolute Gasteiger partial charge is 0.257 e. The molecule has 2 rings (SSSR count). The van der Waals surface area contributed by atoms with Gasteiger partial charge in [-0.25, -0.2) is 0 Å². The summed E-state index contributed by atoms with van der Waals surface area (Å²) in [5, 5.41) is 11.6. The maximum atomic E-state index is 12.3. The fourth-order valence-corrected chi connectivity index (χ4v) is 3.81. The predicted molar refractivity (Wildman–Crippen MR) is 106 cm³/mol. The van der Waals surface area contributed by atoms with Crippen LogP contribution < -0.4 is 10.1 Å². The summed E-state index contributed by atoms with van der Waals surface area (Å²) in [6, 6.07) is 3.08. The summed E-state index contributed by atoms with van der Waals surface area (Å²) in [5.74, 6) is 0.0686. The van der Waals surface area contributed by atoms with Gasteiger partial charge in [-0.15, -0.1) is 10.2 Å². The molecule has 0 aliphatic rings. The average Bonchev–Trinajstić information content (AvgIpc) is 3.04. The predicted octanol–water partition coefficient (Wildman–Crippen LogP) is 5.78. The van der Waals surface area contributed by atoms with Crippen LogP contribution >= 0.6 is 46.3 Å². The number of hydrogen-bond acceptors (Lipinski definition) is 6. The Morgan fingerprint density at radius 3 is 2.56 bits per heavy atom. The number of nitrogens with zero attached hydrogens (tertiary/aromatic N) is 2. The van der Waals surface area contributed by atoms with Crippen LogP contribution in [0.15, 0.2) is 16.5 Å². The van der Waals surface area contributed by atoms with Gasteiger partial charge in [-0.3, -0.25) is 10.1 Å². The zero-order valence-corrected chi connectivity index (χ0v) is 17.1. The number of rotatable bonds is 9. The molecule has 25 heavy (non-hydrogen) atoms. The first-order valence-corrected chi connectivity index (χ1v) is 10.7. The average molecular weight is 420 g/mol. The minimum absolute atomic E-state index is 0.315. The van der Waals surface area contributed by atoms with Gasteiger partial charge in [0.15, 0.2) is 10.1 Å². The Labute approximate surface area is 165 Å². The maximum Gasteiger partial charge on any atom is 0.257 e. The van der Waals surface area contributed by atoms with E-state index in [0.29, 0.717) is 33.1 Å². The van der Waals surface area contributed by atoms with Gasteiger partial charge in [0.1, 0.15) is 0 Å². The van der Waals surface area contributed by atoms with Crippen LogP contribution in [0.2, 0.25) is 10.0 Å². The summed E-state index contributed by atoms with van der Waals surface area (Å²) in [5.41, 5.74) is 0.342. The van der Waals surface area contributed by atoms with Crippen molar-refractivity contribution in [2.24, 2.45) is 0 Å². The van der Waals surface area contributed by atoms with Crippen LogP contribution in [-0.4, -0.2) is 29.0 Å². The minimum atomic E-state index is -0.345. The molecule has 5 nitrogen and oxygen atoms in total. The van der Waals surface area contributed by atoms with Crippen molar-refractivity contribution in [3.63, 3.8) is 0 Å². The molecule has 0 saturated heterocycles. The van der Waals surface area contributed by atoms with E-state index in [-0.39, 0.29) is 5.91 Å². The van der Waals surface area contributed by atoms with Crippen LogP contribution in [0.4, 0.5) is 5.13 Å². The second-order valence-corrected chi connectivity index (χ2v) is 8.05. The monoisotopic (exact) mass is 419 g/mol. The molecule has 0 atom stereocenters. The number of halogens is 2. The van der Waals surface area contributed by atoms with Crippen molar-refractivity contribution in [1.29, 1.82) is 0 Å². The zero-order valence-electron chi connectivity index (χ0n) is 14.0. The second kappa shape index (κ2) is 10.2. The number of thioether (sulfide) groups is 1. The van der Waals surface area contributed by atoms with E-state index in [1.54, 1.807) is 12.1 Å². The summed E-state index contributed by atoms with van der Waals surface area (Å²) < 4.78 is 6.44. The van der Waals surface area contributed by atoms with Crippen molar-refractivity contribution in [1.82, 2.24) is 10.2 Å². The summed E-state index contributed by atoms with van der Waals surface area (Å²) in [7, 11) is 0. The Bertz CT molecular complexity index is 702. The number of carbonyl (C=O) groups excluding carboxylic acids is 1. The molecule has 0 unspecified atom stereocenters.